The summed E-state index contributed by atoms with van der Waals surface area (Å²) < 4.78 is 0. The molecule has 0 spiro atoms. The first-order valence-corrected chi connectivity index (χ1v) is 5.04. The maximum Gasteiger partial charge on any atom is 0.129 e. The van der Waals surface area contributed by atoms with Gasteiger partial charge >= 0.3 is 0 Å². The Hall–Kier alpha value is -1.16. The Bertz CT molecular complexity index is 447. The number of fused-ring (bicyclic) bond motifs is 1. The van der Waals surface area contributed by atoms with Crippen molar-refractivity contribution in [2.45, 2.75) is 20.3 Å². The van der Waals surface area contributed by atoms with Crippen molar-refractivity contribution in [1.29, 1.82) is 0 Å². The van der Waals surface area contributed by atoms with Crippen molar-refractivity contribution in [1.82, 2.24) is 9.97 Å². The van der Waals surface area contributed by atoms with Crippen molar-refractivity contribution in [2.75, 3.05) is 5.73 Å². The van der Waals surface area contributed by atoms with Gasteiger partial charge in [0, 0.05) is 11.1 Å². The van der Waals surface area contributed by atoms with Crippen LogP contribution < -0.4 is 5.73 Å². The summed E-state index contributed by atoms with van der Waals surface area (Å²) in [5, 5.41) is 0.993. The fourth-order valence-corrected chi connectivity index (χ4v) is 2.34. The lowest BCUT2D eigenvalue weighted by Gasteiger charge is -1.92. The number of nitrogens with two attached hydrogens (primary N) is 1. The first-order chi connectivity index (χ1) is 6.22. The van der Waals surface area contributed by atoms with Gasteiger partial charge in [-0.05, 0) is 13.3 Å². The third kappa shape index (κ3) is 1.27. The van der Waals surface area contributed by atoms with Crippen LogP contribution in [0.1, 0.15) is 17.6 Å². The fraction of sp³-hybridized carbons (Fsp3) is 0.333. The van der Waals surface area contributed by atoms with Gasteiger partial charge in [0.15, 0.2) is 0 Å². The molecule has 0 bridgehead atoms. The minimum atomic E-state index is 0.802. The van der Waals surface area contributed by atoms with E-state index in [4.69, 9.17) is 5.73 Å². The van der Waals surface area contributed by atoms with E-state index in [2.05, 4.69) is 16.9 Å². The molecule has 3 nitrogen and oxygen atoms in total. The molecular weight excluding hydrogens is 182 g/mol. The molecule has 0 atom stereocenters. The lowest BCUT2D eigenvalue weighted by molar-refractivity contribution is 1.10. The van der Waals surface area contributed by atoms with E-state index in [0.717, 1.165) is 28.1 Å². The molecule has 0 aliphatic rings. The highest BCUT2D eigenvalue weighted by Gasteiger charge is 2.08. The third-order valence-corrected chi connectivity index (χ3v) is 3.27. The van der Waals surface area contributed by atoms with Gasteiger partial charge in [0.2, 0.25) is 0 Å². The second kappa shape index (κ2) is 2.96. The quantitative estimate of drug-likeness (QED) is 0.755. The molecule has 0 saturated heterocycles. The largest absolute Gasteiger partial charge is 0.397 e. The summed E-state index contributed by atoms with van der Waals surface area (Å²) in [4.78, 5) is 10.7. The van der Waals surface area contributed by atoms with Crippen LogP contribution in [0, 0.1) is 6.92 Å². The number of thiophene rings is 1. The maximum absolute atomic E-state index is 5.93. The summed E-state index contributed by atoms with van der Waals surface area (Å²) in [6, 6.07) is 0. The Balaban J connectivity index is 2.76. The number of anilines is 1. The van der Waals surface area contributed by atoms with Crippen LogP contribution in [-0.4, -0.2) is 9.97 Å². The molecule has 0 aromatic carbocycles. The van der Waals surface area contributed by atoms with Gasteiger partial charge in [-0.2, -0.15) is 0 Å². The lowest BCUT2D eigenvalue weighted by atomic mass is 10.3. The van der Waals surface area contributed by atoms with E-state index in [1.807, 2.05) is 13.1 Å². The van der Waals surface area contributed by atoms with Gasteiger partial charge in [-0.1, -0.05) is 6.92 Å². The highest BCUT2D eigenvalue weighted by atomic mass is 32.1. The average molecular weight is 193 g/mol. The Kier molecular flexibility index (Phi) is 1.92. The number of nitrogen functional groups attached to an aromatic ring is 1. The number of rotatable bonds is 1. The molecule has 2 aromatic rings. The second-order valence-electron chi connectivity index (χ2n) is 2.93. The topological polar surface area (TPSA) is 51.8 Å². The van der Waals surface area contributed by atoms with Crippen molar-refractivity contribution in [3.63, 3.8) is 0 Å². The molecule has 0 unspecified atom stereocenters. The maximum atomic E-state index is 5.93. The molecule has 2 aromatic heterocycles. The fourth-order valence-electron chi connectivity index (χ4n) is 1.30. The van der Waals surface area contributed by atoms with Crippen LogP contribution >= 0.6 is 11.3 Å². The van der Waals surface area contributed by atoms with Crippen LogP contribution in [0.2, 0.25) is 0 Å². The average Bonchev–Trinajstić information content (AvgIpc) is 2.42. The standard InChI is InChI=1S/C9H11N3S/c1-3-7-8(10)6-4-11-5(2)12-9(6)13-7/h4H,3,10H2,1-2H3. The van der Waals surface area contributed by atoms with E-state index in [-0.39, 0.29) is 0 Å². The van der Waals surface area contributed by atoms with E-state index in [1.165, 1.54) is 4.88 Å². The van der Waals surface area contributed by atoms with Crippen molar-refractivity contribution >= 4 is 27.2 Å². The van der Waals surface area contributed by atoms with Crippen LogP contribution in [0.4, 0.5) is 5.69 Å². The van der Waals surface area contributed by atoms with Gasteiger partial charge in [0.05, 0.1) is 11.1 Å². The van der Waals surface area contributed by atoms with Crippen LogP contribution in [0.5, 0.6) is 0 Å². The highest BCUT2D eigenvalue weighted by Crippen LogP contribution is 2.31. The van der Waals surface area contributed by atoms with E-state index >= 15 is 0 Å². The highest BCUT2D eigenvalue weighted by molar-refractivity contribution is 7.19. The molecular formula is C9H11N3S. The summed E-state index contributed by atoms with van der Waals surface area (Å²) in [6.45, 7) is 3.99. The molecule has 4 heteroatoms. The number of aryl methyl sites for hydroxylation is 2. The number of hydrogen-bond acceptors (Lipinski definition) is 4. The van der Waals surface area contributed by atoms with Gasteiger partial charge in [-0.3, -0.25) is 0 Å². The zero-order valence-electron chi connectivity index (χ0n) is 7.66. The van der Waals surface area contributed by atoms with E-state index < -0.39 is 0 Å². The predicted molar refractivity (Wildman–Crippen MR) is 55.9 cm³/mol. The van der Waals surface area contributed by atoms with Crippen molar-refractivity contribution in [2.24, 2.45) is 0 Å². The Labute approximate surface area is 80.6 Å². The Morgan fingerprint density at radius 3 is 3.00 bits per heavy atom. The van der Waals surface area contributed by atoms with E-state index in [9.17, 15) is 0 Å². The Morgan fingerprint density at radius 1 is 1.54 bits per heavy atom. The zero-order chi connectivity index (χ0) is 9.42. The summed E-state index contributed by atoms with van der Waals surface area (Å²) in [5.41, 5.74) is 6.78. The first kappa shape index (κ1) is 8.44. The molecule has 68 valence electrons. The molecule has 0 radical (unpaired) electrons. The smallest absolute Gasteiger partial charge is 0.129 e. The van der Waals surface area contributed by atoms with Gasteiger partial charge in [0.25, 0.3) is 0 Å². The van der Waals surface area contributed by atoms with Gasteiger partial charge in [-0.25, -0.2) is 9.97 Å². The normalized spacial score (nSPS) is 10.9. The van der Waals surface area contributed by atoms with Crippen molar-refractivity contribution in [3.05, 3.63) is 16.9 Å². The summed E-state index contributed by atoms with van der Waals surface area (Å²) in [7, 11) is 0. The van der Waals surface area contributed by atoms with E-state index in [0.29, 0.717) is 0 Å². The van der Waals surface area contributed by atoms with Crippen LogP contribution in [0.3, 0.4) is 0 Å². The van der Waals surface area contributed by atoms with Crippen LogP contribution in [0.15, 0.2) is 6.20 Å². The predicted octanol–water partition coefficient (Wildman–Crippen LogP) is 2.14. The molecule has 0 aliphatic heterocycles. The molecule has 0 fully saturated rings. The summed E-state index contributed by atoms with van der Waals surface area (Å²) in [6.07, 6.45) is 2.77. The van der Waals surface area contributed by atoms with E-state index in [1.54, 1.807) is 11.3 Å². The molecule has 2 rings (SSSR count). The summed E-state index contributed by atoms with van der Waals surface area (Å²) in [5.74, 6) is 0.802. The zero-order valence-corrected chi connectivity index (χ0v) is 8.48. The Morgan fingerprint density at radius 2 is 2.31 bits per heavy atom. The second-order valence-corrected chi connectivity index (χ2v) is 4.01. The first-order valence-electron chi connectivity index (χ1n) is 4.23. The molecule has 13 heavy (non-hydrogen) atoms. The molecule has 2 N–H and O–H groups in total. The number of nitrogens with zero attached hydrogens (tertiary/aromatic N) is 2. The van der Waals surface area contributed by atoms with Gasteiger partial charge < -0.3 is 5.73 Å². The third-order valence-electron chi connectivity index (χ3n) is 2.01. The number of aromatic nitrogens is 2. The lowest BCUT2D eigenvalue weighted by Crippen LogP contribution is -1.89. The van der Waals surface area contributed by atoms with Gasteiger partial charge in [-0.15, -0.1) is 11.3 Å². The molecule has 0 aliphatic carbocycles. The molecule has 0 saturated carbocycles. The van der Waals surface area contributed by atoms with Crippen LogP contribution in [0.25, 0.3) is 10.2 Å². The minimum Gasteiger partial charge on any atom is -0.397 e. The van der Waals surface area contributed by atoms with Crippen molar-refractivity contribution in [3.8, 4) is 0 Å². The van der Waals surface area contributed by atoms with Crippen LogP contribution in [-0.2, 0) is 6.42 Å². The van der Waals surface area contributed by atoms with Gasteiger partial charge in [0.1, 0.15) is 10.7 Å². The SMILES string of the molecule is CCc1sc2nc(C)ncc2c1N. The number of hydrogen-bond donors (Lipinski definition) is 1. The summed E-state index contributed by atoms with van der Waals surface area (Å²) >= 11 is 1.66. The minimum absolute atomic E-state index is 0.802. The monoisotopic (exact) mass is 193 g/mol. The molecule has 0 amide bonds. The molecule has 2 heterocycles. The van der Waals surface area contributed by atoms with Crippen molar-refractivity contribution < 1.29 is 0 Å².